The Kier molecular flexibility index (Phi) is 3.77. The van der Waals surface area contributed by atoms with E-state index < -0.39 is 0 Å². The number of hydrogen-bond acceptors (Lipinski definition) is 3. The molecule has 0 aliphatic carbocycles. The minimum absolute atomic E-state index is 0.0353. The molecule has 1 rings (SSSR count). The van der Waals surface area contributed by atoms with Crippen LogP contribution in [0.4, 0.5) is 0 Å². The van der Waals surface area contributed by atoms with Crippen molar-refractivity contribution in [1.82, 2.24) is 0 Å². The lowest BCUT2D eigenvalue weighted by Crippen LogP contribution is -2.10. The molecule has 0 N–H and O–H groups in total. The summed E-state index contributed by atoms with van der Waals surface area (Å²) in [6, 6.07) is 0. The smallest absolute Gasteiger partial charge is 0.306 e. The third kappa shape index (κ3) is 3.14. The summed E-state index contributed by atoms with van der Waals surface area (Å²) in [4.78, 5) is 11.0. The summed E-state index contributed by atoms with van der Waals surface area (Å²) >= 11 is 1.90. The predicted octanol–water partition coefficient (Wildman–Crippen LogP) is 1.84. The van der Waals surface area contributed by atoms with E-state index in [2.05, 4.69) is 0 Å². The van der Waals surface area contributed by atoms with Gasteiger partial charge in [0.2, 0.25) is 0 Å². The lowest BCUT2D eigenvalue weighted by Gasteiger charge is -2.06. The maximum absolute atomic E-state index is 11.0. The second-order valence-electron chi connectivity index (χ2n) is 2.64. The summed E-state index contributed by atoms with van der Waals surface area (Å²) in [7, 11) is 0. The third-order valence-electron chi connectivity index (χ3n) is 1.72. The highest BCUT2D eigenvalue weighted by Crippen LogP contribution is 2.28. The third-order valence-corrected chi connectivity index (χ3v) is 3.12. The fourth-order valence-corrected chi connectivity index (χ4v) is 2.47. The SMILES string of the molecule is CCOC(=O)CC1CCCS1. The monoisotopic (exact) mass is 174 g/mol. The zero-order valence-electron chi connectivity index (χ0n) is 6.84. The molecule has 0 bridgehead atoms. The molecule has 1 fully saturated rings. The summed E-state index contributed by atoms with van der Waals surface area (Å²) in [6.45, 7) is 2.36. The normalized spacial score (nSPS) is 23.5. The van der Waals surface area contributed by atoms with Crippen LogP contribution in [-0.4, -0.2) is 23.6 Å². The molecule has 11 heavy (non-hydrogen) atoms. The summed E-state index contributed by atoms with van der Waals surface area (Å²) in [5, 5.41) is 0.536. The van der Waals surface area contributed by atoms with E-state index in [-0.39, 0.29) is 5.97 Å². The Morgan fingerprint density at radius 2 is 2.55 bits per heavy atom. The molecule has 0 aromatic carbocycles. The van der Waals surface area contributed by atoms with Crippen LogP contribution in [0.5, 0.6) is 0 Å². The van der Waals surface area contributed by atoms with Gasteiger partial charge in [0.1, 0.15) is 0 Å². The van der Waals surface area contributed by atoms with Gasteiger partial charge < -0.3 is 4.74 Å². The van der Waals surface area contributed by atoms with Crippen LogP contribution < -0.4 is 0 Å². The van der Waals surface area contributed by atoms with Crippen molar-refractivity contribution in [2.75, 3.05) is 12.4 Å². The molecule has 2 nitrogen and oxygen atoms in total. The van der Waals surface area contributed by atoms with E-state index in [1.165, 1.54) is 18.6 Å². The van der Waals surface area contributed by atoms with Crippen molar-refractivity contribution < 1.29 is 9.53 Å². The summed E-state index contributed by atoms with van der Waals surface area (Å²) in [6.07, 6.45) is 3.05. The quantitative estimate of drug-likeness (QED) is 0.611. The number of carbonyl (C=O) groups is 1. The average molecular weight is 174 g/mol. The number of ether oxygens (including phenoxy) is 1. The second-order valence-corrected chi connectivity index (χ2v) is 4.05. The second kappa shape index (κ2) is 4.65. The molecule has 0 spiro atoms. The van der Waals surface area contributed by atoms with Gasteiger partial charge in [-0.15, -0.1) is 0 Å². The molecule has 1 aliphatic heterocycles. The Labute approximate surface area is 71.7 Å². The van der Waals surface area contributed by atoms with Crippen LogP contribution in [0.25, 0.3) is 0 Å². The first-order valence-corrected chi connectivity index (χ1v) is 5.15. The highest BCUT2D eigenvalue weighted by Gasteiger charge is 2.19. The van der Waals surface area contributed by atoms with Crippen molar-refractivity contribution in [2.45, 2.75) is 31.4 Å². The number of hydrogen-bond donors (Lipinski definition) is 0. The molecular formula is C8H14O2S. The number of carbonyl (C=O) groups excluding carboxylic acids is 1. The first kappa shape index (κ1) is 8.91. The fraction of sp³-hybridized carbons (Fsp3) is 0.875. The summed E-state index contributed by atoms with van der Waals surface area (Å²) in [5.41, 5.74) is 0. The summed E-state index contributed by atoms with van der Waals surface area (Å²) < 4.78 is 4.85. The molecule has 1 aliphatic rings. The van der Waals surface area contributed by atoms with Gasteiger partial charge >= 0.3 is 5.97 Å². The first-order chi connectivity index (χ1) is 5.33. The van der Waals surface area contributed by atoms with E-state index in [4.69, 9.17) is 4.74 Å². The molecule has 64 valence electrons. The van der Waals surface area contributed by atoms with Crippen LogP contribution in [0.2, 0.25) is 0 Å². The molecular weight excluding hydrogens is 160 g/mol. The van der Waals surface area contributed by atoms with E-state index in [9.17, 15) is 4.79 Å². The average Bonchev–Trinajstić information content (AvgIpc) is 2.40. The predicted molar refractivity (Wildman–Crippen MR) is 46.7 cm³/mol. The Hall–Kier alpha value is -0.180. The molecule has 0 aromatic heterocycles. The molecule has 1 unspecified atom stereocenters. The van der Waals surface area contributed by atoms with Crippen LogP contribution in [0, 0.1) is 0 Å². The highest BCUT2D eigenvalue weighted by molar-refractivity contribution is 8.00. The lowest BCUT2D eigenvalue weighted by molar-refractivity contribution is -0.143. The van der Waals surface area contributed by atoms with Gasteiger partial charge in [-0.1, -0.05) is 0 Å². The fourth-order valence-electron chi connectivity index (χ4n) is 1.21. The Morgan fingerprint density at radius 3 is 3.09 bits per heavy atom. The van der Waals surface area contributed by atoms with Crippen molar-refractivity contribution in [3.05, 3.63) is 0 Å². The van der Waals surface area contributed by atoms with Gasteiger partial charge in [-0.2, -0.15) is 11.8 Å². The van der Waals surface area contributed by atoms with Crippen LogP contribution >= 0.6 is 11.8 Å². The van der Waals surface area contributed by atoms with Crippen LogP contribution in [0.3, 0.4) is 0 Å². The topological polar surface area (TPSA) is 26.3 Å². The molecule has 1 heterocycles. The molecule has 1 atom stereocenters. The zero-order chi connectivity index (χ0) is 8.10. The van der Waals surface area contributed by atoms with Gasteiger partial charge in [-0.3, -0.25) is 4.79 Å². The zero-order valence-corrected chi connectivity index (χ0v) is 7.65. The lowest BCUT2D eigenvalue weighted by atomic mass is 10.2. The molecule has 1 saturated heterocycles. The maximum atomic E-state index is 11.0. The first-order valence-electron chi connectivity index (χ1n) is 4.10. The van der Waals surface area contributed by atoms with Crippen LogP contribution in [-0.2, 0) is 9.53 Å². The van der Waals surface area contributed by atoms with Gasteiger partial charge in [0.15, 0.2) is 0 Å². The van der Waals surface area contributed by atoms with Crippen LogP contribution in [0.15, 0.2) is 0 Å². The minimum atomic E-state index is -0.0353. The van der Waals surface area contributed by atoms with Gasteiger partial charge in [0, 0.05) is 5.25 Å². The van der Waals surface area contributed by atoms with Crippen molar-refractivity contribution in [3.8, 4) is 0 Å². The number of esters is 1. The molecule has 0 saturated carbocycles. The molecule has 0 aromatic rings. The largest absolute Gasteiger partial charge is 0.466 e. The molecule has 3 heteroatoms. The minimum Gasteiger partial charge on any atom is -0.466 e. The van der Waals surface area contributed by atoms with Crippen LogP contribution in [0.1, 0.15) is 26.2 Å². The van der Waals surface area contributed by atoms with E-state index in [1.54, 1.807) is 0 Å². The van der Waals surface area contributed by atoms with Gasteiger partial charge in [-0.05, 0) is 25.5 Å². The van der Waals surface area contributed by atoms with Crippen molar-refractivity contribution >= 4 is 17.7 Å². The van der Waals surface area contributed by atoms with Gasteiger partial charge in [0.25, 0.3) is 0 Å². The maximum Gasteiger partial charge on any atom is 0.306 e. The van der Waals surface area contributed by atoms with Gasteiger partial charge in [0.05, 0.1) is 13.0 Å². The standard InChI is InChI=1S/C8H14O2S/c1-2-10-8(9)6-7-4-3-5-11-7/h7H,2-6H2,1H3. The van der Waals surface area contributed by atoms with Crippen molar-refractivity contribution in [2.24, 2.45) is 0 Å². The van der Waals surface area contributed by atoms with Crippen molar-refractivity contribution in [1.29, 1.82) is 0 Å². The number of rotatable bonds is 3. The highest BCUT2D eigenvalue weighted by atomic mass is 32.2. The van der Waals surface area contributed by atoms with E-state index in [1.807, 2.05) is 18.7 Å². The number of thioether (sulfide) groups is 1. The Balaban J connectivity index is 2.13. The molecule has 0 radical (unpaired) electrons. The van der Waals surface area contributed by atoms with E-state index in [0.29, 0.717) is 18.3 Å². The van der Waals surface area contributed by atoms with E-state index >= 15 is 0 Å². The summed E-state index contributed by atoms with van der Waals surface area (Å²) in [5.74, 6) is 1.18. The molecule has 0 amide bonds. The Morgan fingerprint density at radius 1 is 1.73 bits per heavy atom. The van der Waals surface area contributed by atoms with E-state index in [0.717, 1.165) is 0 Å². The van der Waals surface area contributed by atoms with Crippen molar-refractivity contribution in [3.63, 3.8) is 0 Å². The Bertz CT molecular complexity index is 130. The van der Waals surface area contributed by atoms with Gasteiger partial charge in [-0.25, -0.2) is 0 Å².